The molecule has 1 saturated carbocycles. The number of nitrogens with two attached hydrogens (primary N) is 1. The van der Waals surface area contributed by atoms with Crippen molar-refractivity contribution in [2.75, 3.05) is 13.6 Å². The zero-order valence-electron chi connectivity index (χ0n) is 6.33. The molecule has 11 heavy (non-hydrogen) atoms. The maximum atomic E-state index is 11.1. The minimum Gasteiger partial charge on any atom is -0.329 e. The molecule has 1 rings (SSSR count). The van der Waals surface area contributed by atoms with Gasteiger partial charge in [-0.3, -0.25) is 0 Å². The van der Waals surface area contributed by atoms with E-state index >= 15 is 0 Å². The molecule has 0 aromatic rings. The molecule has 0 aromatic carbocycles. The number of halogens is 1. The van der Waals surface area contributed by atoms with Crippen molar-refractivity contribution in [3.8, 4) is 0 Å². The first-order valence-electron chi connectivity index (χ1n) is 3.21. The summed E-state index contributed by atoms with van der Waals surface area (Å²) in [4.78, 5) is 0. The highest BCUT2D eigenvalue weighted by Crippen LogP contribution is 2.41. The smallest absolute Gasteiger partial charge is 0.218 e. The van der Waals surface area contributed by atoms with Crippen LogP contribution in [0.1, 0.15) is 12.8 Å². The van der Waals surface area contributed by atoms with Gasteiger partial charge in [0.1, 0.15) is 0 Å². The predicted molar refractivity (Wildman–Crippen MR) is 46.2 cm³/mol. The van der Waals surface area contributed by atoms with Gasteiger partial charge < -0.3 is 5.73 Å². The molecule has 1 fully saturated rings. The van der Waals surface area contributed by atoms with E-state index in [0.29, 0.717) is 12.8 Å². The van der Waals surface area contributed by atoms with Gasteiger partial charge in [-0.1, -0.05) is 0 Å². The molecule has 0 saturated heterocycles. The van der Waals surface area contributed by atoms with E-state index in [-0.39, 0.29) is 19.0 Å². The SMILES string of the molecule is CNS(=O)(=O)C1(CN)CC1.Cl. The van der Waals surface area contributed by atoms with Crippen LogP contribution >= 0.6 is 12.4 Å². The quantitative estimate of drug-likeness (QED) is 0.642. The largest absolute Gasteiger partial charge is 0.329 e. The van der Waals surface area contributed by atoms with E-state index < -0.39 is 14.8 Å². The average molecular weight is 201 g/mol. The topological polar surface area (TPSA) is 72.2 Å². The number of nitrogens with one attached hydrogen (secondary N) is 1. The summed E-state index contributed by atoms with van der Waals surface area (Å²) >= 11 is 0. The fourth-order valence-corrected chi connectivity index (χ4v) is 2.23. The number of hydrogen-bond donors (Lipinski definition) is 2. The molecule has 0 aliphatic heterocycles. The lowest BCUT2D eigenvalue weighted by molar-refractivity contribution is 0.569. The third kappa shape index (κ3) is 1.66. The van der Waals surface area contributed by atoms with Crippen LogP contribution in [0.3, 0.4) is 0 Å². The molecule has 0 spiro atoms. The normalized spacial score (nSPS) is 20.5. The summed E-state index contributed by atoms with van der Waals surface area (Å²) in [5.41, 5.74) is 5.31. The van der Waals surface area contributed by atoms with Gasteiger partial charge in [-0.05, 0) is 19.9 Å². The van der Waals surface area contributed by atoms with E-state index in [1.54, 1.807) is 0 Å². The third-order valence-corrected chi connectivity index (χ3v) is 4.27. The first-order valence-corrected chi connectivity index (χ1v) is 4.69. The summed E-state index contributed by atoms with van der Waals surface area (Å²) in [7, 11) is -1.69. The molecular formula is C5H13ClN2O2S. The van der Waals surface area contributed by atoms with Crippen molar-refractivity contribution in [2.24, 2.45) is 5.73 Å². The van der Waals surface area contributed by atoms with Crippen molar-refractivity contribution in [2.45, 2.75) is 17.6 Å². The van der Waals surface area contributed by atoms with Crippen molar-refractivity contribution < 1.29 is 8.42 Å². The summed E-state index contributed by atoms with van der Waals surface area (Å²) < 4.78 is 23.9. The highest BCUT2D eigenvalue weighted by Gasteiger charge is 2.52. The van der Waals surface area contributed by atoms with Crippen LogP contribution < -0.4 is 10.5 Å². The highest BCUT2D eigenvalue weighted by atomic mass is 35.5. The second-order valence-electron chi connectivity index (χ2n) is 2.59. The summed E-state index contributed by atoms with van der Waals surface area (Å²) in [5, 5.41) is 0. The van der Waals surface area contributed by atoms with E-state index in [2.05, 4.69) is 4.72 Å². The fourth-order valence-electron chi connectivity index (χ4n) is 0.938. The van der Waals surface area contributed by atoms with Crippen molar-refractivity contribution >= 4 is 22.4 Å². The van der Waals surface area contributed by atoms with Gasteiger partial charge in [0.25, 0.3) is 0 Å². The molecule has 1 aliphatic rings. The van der Waals surface area contributed by atoms with Crippen molar-refractivity contribution in [3.63, 3.8) is 0 Å². The Bertz CT molecular complexity index is 223. The zero-order chi connectivity index (χ0) is 7.83. The van der Waals surface area contributed by atoms with Crippen LogP contribution in [0.4, 0.5) is 0 Å². The van der Waals surface area contributed by atoms with Gasteiger partial charge in [-0.25, -0.2) is 13.1 Å². The van der Waals surface area contributed by atoms with E-state index in [1.807, 2.05) is 0 Å². The molecule has 0 unspecified atom stereocenters. The fraction of sp³-hybridized carbons (Fsp3) is 1.00. The average Bonchev–Trinajstić information content (AvgIpc) is 2.67. The molecule has 4 nitrogen and oxygen atoms in total. The molecule has 6 heteroatoms. The lowest BCUT2D eigenvalue weighted by atomic mass is 10.4. The van der Waals surface area contributed by atoms with Crippen LogP contribution in [0.5, 0.6) is 0 Å². The summed E-state index contributed by atoms with van der Waals surface area (Å²) in [6, 6.07) is 0. The maximum Gasteiger partial charge on any atom is 0.218 e. The Balaban J connectivity index is 0.000001000. The van der Waals surface area contributed by atoms with Gasteiger partial charge in [0.05, 0.1) is 4.75 Å². The molecule has 0 amide bonds. The van der Waals surface area contributed by atoms with Crippen LogP contribution in [-0.2, 0) is 10.0 Å². The number of rotatable bonds is 3. The van der Waals surface area contributed by atoms with E-state index in [0.717, 1.165) is 0 Å². The molecule has 0 atom stereocenters. The Morgan fingerprint density at radius 3 is 2.09 bits per heavy atom. The van der Waals surface area contributed by atoms with Gasteiger partial charge >= 0.3 is 0 Å². The lowest BCUT2D eigenvalue weighted by Gasteiger charge is -2.11. The highest BCUT2D eigenvalue weighted by molar-refractivity contribution is 7.91. The van der Waals surface area contributed by atoms with Crippen molar-refractivity contribution in [1.29, 1.82) is 0 Å². The van der Waals surface area contributed by atoms with E-state index in [1.165, 1.54) is 7.05 Å². The molecular weight excluding hydrogens is 188 g/mol. The van der Waals surface area contributed by atoms with Crippen molar-refractivity contribution in [1.82, 2.24) is 4.72 Å². The van der Waals surface area contributed by atoms with Crippen LogP contribution in [0.25, 0.3) is 0 Å². The van der Waals surface area contributed by atoms with Gasteiger partial charge in [-0.15, -0.1) is 12.4 Å². The Kier molecular flexibility index (Phi) is 3.31. The Morgan fingerprint density at radius 1 is 1.55 bits per heavy atom. The molecule has 68 valence electrons. The zero-order valence-corrected chi connectivity index (χ0v) is 7.96. The third-order valence-electron chi connectivity index (χ3n) is 2.02. The standard InChI is InChI=1S/C5H12N2O2S.ClH/c1-7-10(8,9)5(4-6)2-3-5;/h7H,2-4,6H2,1H3;1H. The van der Waals surface area contributed by atoms with E-state index in [9.17, 15) is 8.42 Å². The molecule has 0 bridgehead atoms. The minimum absolute atomic E-state index is 0. The van der Waals surface area contributed by atoms with Crippen LogP contribution in [-0.4, -0.2) is 26.8 Å². The molecule has 0 heterocycles. The molecule has 0 aromatic heterocycles. The second-order valence-corrected chi connectivity index (χ2v) is 4.88. The first-order chi connectivity index (χ1) is 4.58. The predicted octanol–water partition coefficient (Wildman–Crippen LogP) is -0.551. The van der Waals surface area contributed by atoms with Crippen molar-refractivity contribution in [3.05, 3.63) is 0 Å². The summed E-state index contributed by atoms with van der Waals surface area (Å²) in [5.74, 6) is 0. The Hall–Kier alpha value is 0.160. The van der Waals surface area contributed by atoms with Gasteiger partial charge in [0, 0.05) is 6.54 Å². The lowest BCUT2D eigenvalue weighted by Crippen LogP contribution is -2.39. The van der Waals surface area contributed by atoms with Crippen LogP contribution in [0.2, 0.25) is 0 Å². The van der Waals surface area contributed by atoms with Gasteiger partial charge in [-0.2, -0.15) is 0 Å². The first kappa shape index (κ1) is 11.2. The minimum atomic E-state index is -3.11. The monoisotopic (exact) mass is 200 g/mol. The molecule has 3 N–H and O–H groups in total. The molecule has 0 radical (unpaired) electrons. The van der Waals surface area contributed by atoms with Crippen LogP contribution in [0, 0.1) is 0 Å². The number of hydrogen-bond acceptors (Lipinski definition) is 3. The molecule has 1 aliphatic carbocycles. The summed E-state index contributed by atoms with van der Waals surface area (Å²) in [6.45, 7) is 0.232. The van der Waals surface area contributed by atoms with Crippen LogP contribution in [0.15, 0.2) is 0 Å². The van der Waals surface area contributed by atoms with Gasteiger partial charge in [0.15, 0.2) is 0 Å². The Labute approximate surface area is 73.0 Å². The van der Waals surface area contributed by atoms with E-state index in [4.69, 9.17) is 5.73 Å². The second kappa shape index (κ2) is 3.26. The van der Waals surface area contributed by atoms with Gasteiger partial charge in [0.2, 0.25) is 10.0 Å². The summed E-state index contributed by atoms with van der Waals surface area (Å²) in [6.07, 6.45) is 1.40. The Morgan fingerprint density at radius 2 is 2.00 bits per heavy atom. The maximum absolute atomic E-state index is 11.1. The number of sulfonamides is 1.